The van der Waals surface area contributed by atoms with Crippen LogP contribution in [-0.2, 0) is 9.53 Å². The molecule has 2 nitrogen and oxygen atoms in total. The largest absolute Gasteiger partial charge is 0.446 e. The second kappa shape index (κ2) is 3.57. The van der Waals surface area contributed by atoms with Gasteiger partial charge in [-0.1, -0.05) is 18.2 Å². The highest BCUT2D eigenvalue weighted by Gasteiger charge is 2.50. The van der Waals surface area contributed by atoms with Crippen LogP contribution in [-0.4, -0.2) is 17.7 Å². The van der Waals surface area contributed by atoms with Crippen LogP contribution in [0.4, 0.5) is 13.2 Å². The number of hydrogen-bond acceptors (Lipinski definition) is 2. The summed E-state index contributed by atoms with van der Waals surface area (Å²) in [6.07, 6.45) is -4.63. The van der Waals surface area contributed by atoms with Crippen LogP contribution < -0.4 is 0 Å². The normalized spacial score (nSPS) is 12.5. The van der Waals surface area contributed by atoms with Gasteiger partial charge in [0.2, 0.25) is 5.60 Å². The molecule has 0 spiro atoms. The molecule has 0 saturated heterocycles. The number of halogens is 4. The molecule has 0 aliphatic carbocycles. The monoisotopic (exact) mass is 216 g/mol. The van der Waals surface area contributed by atoms with Crippen molar-refractivity contribution in [3.8, 4) is 0 Å². The minimum Gasteiger partial charge on any atom is -0.446 e. The average Bonchev–Trinajstić information content (AvgIpc) is 1.83. The van der Waals surface area contributed by atoms with Gasteiger partial charge >= 0.3 is 12.1 Å². The van der Waals surface area contributed by atoms with Gasteiger partial charge in [0.15, 0.2) is 0 Å². The molecule has 0 N–H and O–H groups in total. The first kappa shape index (κ1) is 12.3. The maximum Gasteiger partial charge on any atom is 0.427 e. The van der Waals surface area contributed by atoms with Crippen molar-refractivity contribution in [2.45, 2.75) is 25.6 Å². The highest BCUT2D eigenvalue weighted by atomic mass is 35.5. The van der Waals surface area contributed by atoms with Crippen molar-refractivity contribution in [3.05, 3.63) is 11.6 Å². The number of alkyl halides is 3. The van der Waals surface area contributed by atoms with Crippen molar-refractivity contribution in [1.29, 1.82) is 0 Å². The predicted octanol–water partition coefficient (Wildman–Crippen LogP) is 2.62. The molecule has 0 saturated carbocycles. The van der Waals surface area contributed by atoms with Crippen molar-refractivity contribution in [2.75, 3.05) is 0 Å². The highest BCUT2D eigenvalue weighted by Crippen LogP contribution is 2.33. The summed E-state index contributed by atoms with van der Waals surface area (Å²) in [5, 5.41) is -0.586. The lowest BCUT2D eigenvalue weighted by atomic mass is 10.1. The van der Waals surface area contributed by atoms with Gasteiger partial charge in [0.1, 0.15) is 5.03 Å². The van der Waals surface area contributed by atoms with E-state index in [1.165, 1.54) is 0 Å². The van der Waals surface area contributed by atoms with Gasteiger partial charge in [-0.15, -0.1) is 0 Å². The molecule has 0 aromatic carbocycles. The smallest absolute Gasteiger partial charge is 0.427 e. The summed E-state index contributed by atoms with van der Waals surface area (Å²) in [5.74, 6) is -1.27. The molecule has 76 valence electrons. The summed E-state index contributed by atoms with van der Waals surface area (Å²) >= 11 is 5.05. The number of rotatable bonds is 2. The Morgan fingerprint density at radius 2 is 1.77 bits per heavy atom. The Labute approximate surface area is 78.3 Å². The van der Waals surface area contributed by atoms with Crippen molar-refractivity contribution >= 4 is 17.6 Å². The van der Waals surface area contributed by atoms with Crippen molar-refractivity contribution in [1.82, 2.24) is 0 Å². The van der Waals surface area contributed by atoms with E-state index < -0.39 is 22.8 Å². The van der Waals surface area contributed by atoms with Crippen LogP contribution in [0.25, 0.3) is 0 Å². The summed E-state index contributed by atoms with van der Waals surface area (Å²) in [4.78, 5) is 10.7. The minimum absolute atomic E-state index is 0.586. The molecule has 0 amide bonds. The zero-order chi connectivity index (χ0) is 10.9. The molecular formula is C7H8ClF3O2. The van der Waals surface area contributed by atoms with E-state index in [-0.39, 0.29) is 0 Å². The summed E-state index contributed by atoms with van der Waals surface area (Å²) < 4.78 is 40.4. The van der Waals surface area contributed by atoms with Crippen LogP contribution in [0, 0.1) is 0 Å². The van der Waals surface area contributed by atoms with Crippen molar-refractivity contribution in [3.63, 3.8) is 0 Å². The maximum atomic E-state index is 12.1. The molecule has 0 aromatic heterocycles. The molecule has 13 heavy (non-hydrogen) atoms. The molecule has 0 radical (unpaired) electrons. The van der Waals surface area contributed by atoms with E-state index >= 15 is 0 Å². The van der Waals surface area contributed by atoms with Gasteiger partial charge in [-0.25, -0.2) is 4.79 Å². The summed E-state index contributed by atoms with van der Waals surface area (Å²) in [7, 11) is 0. The lowest BCUT2D eigenvalue weighted by Crippen LogP contribution is -2.43. The second-order valence-corrected chi connectivity index (χ2v) is 3.26. The van der Waals surface area contributed by atoms with Gasteiger partial charge in [-0.3, -0.25) is 0 Å². The first-order chi connectivity index (χ1) is 5.58. The van der Waals surface area contributed by atoms with E-state index in [4.69, 9.17) is 11.6 Å². The Bertz CT molecular complexity index is 232. The lowest BCUT2D eigenvalue weighted by molar-refractivity contribution is -0.255. The molecule has 0 atom stereocenters. The van der Waals surface area contributed by atoms with Crippen LogP contribution in [0.5, 0.6) is 0 Å². The summed E-state index contributed by atoms with van der Waals surface area (Å²) in [6.45, 7) is 4.40. The number of ether oxygens (including phenoxy) is 1. The standard InChI is InChI=1S/C7H8ClF3O2/c1-4(8)5(12)13-6(2,3)7(9,10)11/h1H2,2-3H3. The average molecular weight is 217 g/mol. The number of carbonyl (C=O) groups excluding carboxylic acids is 1. The fraction of sp³-hybridized carbons (Fsp3) is 0.571. The Morgan fingerprint density at radius 1 is 1.38 bits per heavy atom. The third kappa shape index (κ3) is 3.26. The molecule has 0 fully saturated rings. The van der Waals surface area contributed by atoms with E-state index in [1.54, 1.807) is 0 Å². The molecule has 0 heterocycles. The van der Waals surface area contributed by atoms with E-state index in [2.05, 4.69) is 11.3 Å². The first-order valence-corrected chi connectivity index (χ1v) is 3.60. The molecule has 0 aliphatic rings. The Balaban J connectivity index is 4.53. The van der Waals surface area contributed by atoms with Gasteiger partial charge in [0.25, 0.3) is 0 Å². The molecular weight excluding hydrogens is 209 g/mol. The summed E-state index contributed by atoms with van der Waals surface area (Å²) in [6, 6.07) is 0. The van der Waals surface area contributed by atoms with Gasteiger partial charge in [0, 0.05) is 0 Å². The Kier molecular flexibility index (Phi) is 3.38. The van der Waals surface area contributed by atoms with E-state index in [1.807, 2.05) is 0 Å². The molecule has 0 unspecified atom stereocenters. The van der Waals surface area contributed by atoms with Crippen LogP contribution in [0.1, 0.15) is 13.8 Å². The third-order valence-electron chi connectivity index (χ3n) is 1.25. The Morgan fingerprint density at radius 3 is 2.00 bits per heavy atom. The van der Waals surface area contributed by atoms with Gasteiger partial charge < -0.3 is 4.74 Å². The molecule has 6 heteroatoms. The predicted molar refractivity (Wildman–Crippen MR) is 41.2 cm³/mol. The zero-order valence-corrected chi connectivity index (χ0v) is 7.79. The SMILES string of the molecule is C=C(Cl)C(=O)OC(C)(C)C(F)(F)F. The number of hydrogen-bond donors (Lipinski definition) is 0. The molecule has 0 aromatic rings. The molecule has 0 rings (SSSR count). The van der Waals surface area contributed by atoms with Crippen LogP contribution >= 0.6 is 11.6 Å². The van der Waals surface area contributed by atoms with Gasteiger partial charge in [-0.05, 0) is 13.8 Å². The Hall–Kier alpha value is -0.710. The highest BCUT2D eigenvalue weighted by molar-refractivity contribution is 6.40. The second-order valence-electron chi connectivity index (χ2n) is 2.80. The molecule has 0 bridgehead atoms. The quantitative estimate of drug-likeness (QED) is 0.524. The lowest BCUT2D eigenvalue weighted by Gasteiger charge is -2.27. The molecule has 0 aliphatic heterocycles. The van der Waals surface area contributed by atoms with E-state index in [0.29, 0.717) is 0 Å². The number of carbonyl (C=O) groups is 1. The minimum atomic E-state index is -4.63. The van der Waals surface area contributed by atoms with Gasteiger partial charge in [-0.2, -0.15) is 13.2 Å². The van der Waals surface area contributed by atoms with Crippen molar-refractivity contribution in [2.24, 2.45) is 0 Å². The van der Waals surface area contributed by atoms with Crippen LogP contribution in [0.3, 0.4) is 0 Å². The number of esters is 1. The van der Waals surface area contributed by atoms with Crippen LogP contribution in [0.2, 0.25) is 0 Å². The fourth-order valence-electron chi connectivity index (χ4n) is 0.345. The topological polar surface area (TPSA) is 26.3 Å². The maximum absolute atomic E-state index is 12.1. The summed E-state index contributed by atoms with van der Waals surface area (Å²) in [5.41, 5.74) is -2.55. The van der Waals surface area contributed by atoms with Crippen molar-refractivity contribution < 1.29 is 22.7 Å². The first-order valence-electron chi connectivity index (χ1n) is 3.22. The fourth-order valence-corrected chi connectivity index (χ4v) is 0.384. The van der Waals surface area contributed by atoms with Crippen LogP contribution in [0.15, 0.2) is 11.6 Å². The van der Waals surface area contributed by atoms with E-state index in [0.717, 1.165) is 13.8 Å². The third-order valence-corrected chi connectivity index (χ3v) is 1.41. The van der Waals surface area contributed by atoms with Gasteiger partial charge in [0.05, 0.1) is 0 Å². The van der Waals surface area contributed by atoms with E-state index in [9.17, 15) is 18.0 Å². The zero-order valence-electron chi connectivity index (χ0n) is 7.04.